The minimum Gasteiger partial charge on any atom is -0.486 e. The zero-order chi connectivity index (χ0) is 27.5. The number of rotatable bonds is 5. The van der Waals surface area contributed by atoms with Crippen LogP contribution < -0.4 is 10.1 Å². The van der Waals surface area contributed by atoms with Crippen molar-refractivity contribution in [2.24, 2.45) is 7.05 Å². The molecule has 1 N–H and O–H groups in total. The van der Waals surface area contributed by atoms with Crippen LogP contribution in [0.5, 0.6) is 5.75 Å². The van der Waals surface area contributed by atoms with E-state index in [9.17, 15) is 18.0 Å². The Morgan fingerprint density at radius 2 is 1.85 bits per heavy atom. The third kappa shape index (κ3) is 4.47. The molecule has 1 saturated carbocycles. The molecule has 0 bridgehead atoms. The van der Waals surface area contributed by atoms with Gasteiger partial charge in [-0.25, -0.2) is 4.98 Å². The number of fused-ring (bicyclic) bond motifs is 2. The average Bonchev–Trinajstić information content (AvgIpc) is 3.56. The van der Waals surface area contributed by atoms with E-state index in [0.717, 1.165) is 32.4 Å². The second-order valence-electron chi connectivity index (χ2n) is 10.2. The van der Waals surface area contributed by atoms with Crippen molar-refractivity contribution in [1.29, 1.82) is 0 Å². The molecular weight excluding hydrogens is 511 g/mol. The van der Waals surface area contributed by atoms with E-state index in [4.69, 9.17) is 9.84 Å². The summed E-state index contributed by atoms with van der Waals surface area (Å²) in [6.07, 6.45) is 0.740. The highest BCUT2D eigenvalue weighted by molar-refractivity contribution is 6.00. The summed E-state index contributed by atoms with van der Waals surface area (Å²) in [6, 6.07) is 7.81. The lowest BCUT2D eigenvalue weighted by Gasteiger charge is -2.29. The third-order valence-corrected chi connectivity index (χ3v) is 7.56. The number of nitrogens with zero attached hydrogens (tertiary/aromatic N) is 6. The van der Waals surface area contributed by atoms with E-state index < -0.39 is 11.9 Å². The maximum absolute atomic E-state index is 13.4. The summed E-state index contributed by atoms with van der Waals surface area (Å²) in [7, 11) is 5.04. The van der Waals surface area contributed by atoms with Crippen LogP contribution in [0.15, 0.2) is 36.7 Å². The first-order valence-corrected chi connectivity index (χ1v) is 12.8. The molecule has 39 heavy (non-hydrogen) atoms. The predicted octanol–water partition coefficient (Wildman–Crippen LogP) is 5.04. The van der Waals surface area contributed by atoms with Gasteiger partial charge in [-0.1, -0.05) is 6.07 Å². The van der Waals surface area contributed by atoms with Crippen LogP contribution in [-0.2, 0) is 19.8 Å². The first-order valence-electron chi connectivity index (χ1n) is 12.8. The van der Waals surface area contributed by atoms with Gasteiger partial charge in [0.05, 0.1) is 23.9 Å². The molecule has 6 rings (SSSR count). The number of ether oxygens (including phenoxy) is 1. The summed E-state index contributed by atoms with van der Waals surface area (Å²) in [6.45, 7) is 0.555. The molecule has 4 heterocycles. The van der Waals surface area contributed by atoms with Crippen molar-refractivity contribution in [2.75, 3.05) is 19.4 Å². The Balaban J connectivity index is 1.28. The molecule has 0 spiro atoms. The molecule has 1 aromatic carbocycles. The van der Waals surface area contributed by atoms with Crippen LogP contribution in [0.2, 0.25) is 0 Å². The van der Waals surface area contributed by atoms with Crippen LogP contribution in [0, 0.1) is 0 Å². The lowest BCUT2D eigenvalue weighted by molar-refractivity contribution is -0.143. The Morgan fingerprint density at radius 3 is 2.56 bits per heavy atom. The molecule has 3 aromatic heterocycles. The number of anilines is 1. The number of halogens is 3. The van der Waals surface area contributed by atoms with E-state index >= 15 is 0 Å². The number of carbonyl (C=O) groups is 1. The number of benzene rings is 1. The Morgan fingerprint density at radius 1 is 1.08 bits per heavy atom. The number of alkyl halides is 3. The first kappa shape index (κ1) is 25.2. The van der Waals surface area contributed by atoms with Gasteiger partial charge in [0.15, 0.2) is 5.75 Å². The van der Waals surface area contributed by atoms with E-state index in [1.807, 2.05) is 28.9 Å². The van der Waals surface area contributed by atoms with Crippen molar-refractivity contribution in [2.45, 2.75) is 50.6 Å². The van der Waals surface area contributed by atoms with Crippen LogP contribution in [-0.4, -0.2) is 55.6 Å². The van der Waals surface area contributed by atoms with E-state index in [1.165, 1.54) is 13.2 Å². The normalized spacial score (nSPS) is 19.5. The summed E-state index contributed by atoms with van der Waals surface area (Å²) in [5, 5.41) is 12.5. The van der Waals surface area contributed by atoms with Crippen molar-refractivity contribution >= 4 is 22.6 Å². The van der Waals surface area contributed by atoms with Crippen LogP contribution in [0.1, 0.15) is 53.3 Å². The predicted molar refractivity (Wildman–Crippen MR) is 138 cm³/mol. The Labute approximate surface area is 222 Å². The average molecular weight is 540 g/mol. The Bertz CT molecular complexity index is 1570. The molecule has 4 aromatic rings. The zero-order valence-corrected chi connectivity index (χ0v) is 21.8. The fourth-order valence-corrected chi connectivity index (χ4v) is 5.61. The highest BCUT2D eigenvalue weighted by atomic mass is 19.4. The standard InChI is InChI=1S/C27H28F3N7O2/c1-31-23-11-21-20(12-32-23)24(15-4-9-19-16(10-15)13-35(2)26(19)38)33-37(21)17-5-7-18(8-6-17)39-22-14-36(3)34-25(22)27(28,29)30/h4,9-12,14,17-18H,5-8,13H2,1-3H3,(H,31,32). The zero-order valence-electron chi connectivity index (χ0n) is 21.8. The molecule has 0 unspecified atom stereocenters. The number of aryl methyl sites for hydroxylation is 1. The first-order chi connectivity index (χ1) is 18.6. The van der Waals surface area contributed by atoms with E-state index in [1.54, 1.807) is 25.2 Å². The monoisotopic (exact) mass is 539 g/mol. The largest absolute Gasteiger partial charge is 0.486 e. The highest BCUT2D eigenvalue weighted by Gasteiger charge is 2.39. The SMILES string of the molecule is CNc1cc2c(cn1)c(-c1ccc3c(c1)CN(C)C3=O)nn2C1CCC(Oc2cn(C)nc2C(F)(F)F)CC1. The fourth-order valence-electron chi connectivity index (χ4n) is 5.61. The molecule has 12 heteroatoms. The molecule has 0 saturated heterocycles. The number of hydrogen-bond acceptors (Lipinski definition) is 6. The fraction of sp³-hybridized carbons (Fsp3) is 0.407. The van der Waals surface area contributed by atoms with Crippen LogP contribution in [0.4, 0.5) is 19.0 Å². The second kappa shape index (κ2) is 9.28. The van der Waals surface area contributed by atoms with Gasteiger partial charge in [0.1, 0.15) is 11.5 Å². The number of amides is 1. The quantitative estimate of drug-likeness (QED) is 0.382. The van der Waals surface area contributed by atoms with Crippen LogP contribution in [0.25, 0.3) is 22.2 Å². The van der Waals surface area contributed by atoms with Gasteiger partial charge in [-0.3, -0.25) is 14.2 Å². The maximum Gasteiger partial charge on any atom is 0.438 e. The van der Waals surface area contributed by atoms with Crippen molar-refractivity contribution in [3.05, 3.63) is 53.5 Å². The highest BCUT2D eigenvalue weighted by Crippen LogP contribution is 2.40. The van der Waals surface area contributed by atoms with Crippen molar-refractivity contribution in [3.8, 4) is 17.0 Å². The summed E-state index contributed by atoms with van der Waals surface area (Å²) < 4.78 is 49.0. The van der Waals surface area contributed by atoms with Crippen molar-refractivity contribution < 1.29 is 22.7 Å². The Kier molecular flexibility index (Phi) is 6.00. The number of pyridine rings is 1. The lowest BCUT2D eigenvalue weighted by atomic mass is 9.93. The number of aromatic nitrogens is 5. The number of hydrogen-bond donors (Lipinski definition) is 1. The number of nitrogens with one attached hydrogen (secondary N) is 1. The molecule has 2 aliphatic rings. The molecule has 1 aliphatic heterocycles. The summed E-state index contributed by atoms with van der Waals surface area (Å²) in [5.74, 6) is 0.496. The van der Waals surface area contributed by atoms with Gasteiger partial charge in [-0.05, 0) is 43.4 Å². The van der Waals surface area contributed by atoms with Crippen LogP contribution in [0.3, 0.4) is 0 Å². The van der Waals surface area contributed by atoms with E-state index in [2.05, 4.69) is 15.4 Å². The minimum atomic E-state index is -4.57. The van der Waals surface area contributed by atoms with E-state index in [0.29, 0.717) is 43.6 Å². The molecular formula is C27H28F3N7O2. The summed E-state index contributed by atoms with van der Waals surface area (Å²) >= 11 is 0. The molecule has 1 aliphatic carbocycles. The molecule has 9 nitrogen and oxygen atoms in total. The maximum atomic E-state index is 13.4. The van der Waals surface area contributed by atoms with Crippen molar-refractivity contribution in [3.63, 3.8) is 0 Å². The molecule has 0 radical (unpaired) electrons. The van der Waals surface area contributed by atoms with Gasteiger partial charge in [0.25, 0.3) is 5.91 Å². The molecule has 1 amide bonds. The van der Waals surface area contributed by atoms with Gasteiger partial charge < -0.3 is 15.0 Å². The smallest absolute Gasteiger partial charge is 0.438 e. The van der Waals surface area contributed by atoms with Gasteiger partial charge in [-0.15, -0.1) is 0 Å². The third-order valence-electron chi connectivity index (χ3n) is 7.56. The number of carbonyl (C=O) groups excluding carboxylic acids is 1. The molecule has 204 valence electrons. The van der Waals surface area contributed by atoms with Gasteiger partial charge >= 0.3 is 6.18 Å². The minimum absolute atomic E-state index is 0.0138. The van der Waals surface area contributed by atoms with Crippen LogP contribution >= 0.6 is 0 Å². The van der Waals surface area contributed by atoms with Gasteiger partial charge in [-0.2, -0.15) is 23.4 Å². The van der Waals surface area contributed by atoms with E-state index in [-0.39, 0.29) is 23.8 Å². The molecule has 1 fully saturated rings. The lowest BCUT2D eigenvalue weighted by Crippen LogP contribution is -2.27. The second-order valence-corrected chi connectivity index (χ2v) is 10.2. The Hall–Kier alpha value is -4.09. The summed E-state index contributed by atoms with van der Waals surface area (Å²) in [5.41, 5.74) is 3.30. The van der Waals surface area contributed by atoms with Gasteiger partial charge in [0, 0.05) is 56.5 Å². The molecule has 0 atom stereocenters. The van der Waals surface area contributed by atoms with Gasteiger partial charge in [0.2, 0.25) is 5.69 Å². The summed E-state index contributed by atoms with van der Waals surface area (Å²) in [4.78, 5) is 18.6. The topological polar surface area (TPSA) is 90.1 Å². The van der Waals surface area contributed by atoms with Crippen molar-refractivity contribution in [1.82, 2.24) is 29.4 Å².